The Morgan fingerprint density at radius 1 is 0.929 bits per heavy atom. The number of carbonyl (C=O) groups excluding carboxylic acids is 2. The van der Waals surface area contributed by atoms with E-state index in [0.29, 0.717) is 12.1 Å². The summed E-state index contributed by atoms with van der Waals surface area (Å²) in [6.45, 7) is 18.3. The molecule has 0 radical (unpaired) electrons. The Labute approximate surface area is 252 Å². The van der Waals surface area contributed by atoms with Crippen molar-refractivity contribution in [3.05, 3.63) is 71.3 Å². The third kappa shape index (κ3) is 6.81. The van der Waals surface area contributed by atoms with Crippen LogP contribution in [0.25, 0.3) is 10.8 Å². The van der Waals surface area contributed by atoms with Gasteiger partial charge in [0.2, 0.25) is 6.41 Å². The summed E-state index contributed by atoms with van der Waals surface area (Å²) in [4.78, 5) is 25.6. The first-order valence-corrected chi connectivity index (χ1v) is 15.3. The molecule has 1 N–H and O–H groups in total. The standard InChI is InChI=1S/C36H49NO5/c1-10-31(33(39)35(7,8)9)42-32-19-17-28(20-24(32)5)36(11-2,12-3)29-16-14-27-22-30(18-15-26(27)21-29)37(23-38)25(6)34(40)41-13-4/h14-23,25,31,33,39H,10-13H2,1-9H3. The highest BCUT2D eigenvalue weighted by atomic mass is 16.5. The smallest absolute Gasteiger partial charge is 0.328 e. The topological polar surface area (TPSA) is 76.1 Å². The number of fused-ring (bicyclic) bond motifs is 1. The lowest BCUT2D eigenvalue weighted by Gasteiger charge is -2.35. The van der Waals surface area contributed by atoms with Gasteiger partial charge in [-0.3, -0.25) is 4.79 Å². The fourth-order valence-corrected chi connectivity index (χ4v) is 5.85. The number of amides is 1. The minimum Gasteiger partial charge on any atom is -0.487 e. The van der Waals surface area contributed by atoms with Crippen LogP contribution >= 0.6 is 0 Å². The maximum absolute atomic E-state index is 12.3. The molecule has 228 valence electrons. The average Bonchev–Trinajstić information content (AvgIpc) is 2.97. The van der Waals surface area contributed by atoms with E-state index < -0.39 is 18.1 Å². The van der Waals surface area contributed by atoms with Crippen LogP contribution in [0.2, 0.25) is 0 Å². The van der Waals surface area contributed by atoms with Crippen LogP contribution in [0.1, 0.15) is 91.3 Å². The Kier molecular flexibility index (Phi) is 10.8. The molecule has 0 aromatic heterocycles. The molecule has 3 aromatic rings. The second kappa shape index (κ2) is 13.7. The summed E-state index contributed by atoms with van der Waals surface area (Å²) >= 11 is 0. The van der Waals surface area contributed by atoms with Gasteiger partial charge in [-0.2, -0.15) is 0 Å². The molecule has 0 saturated carbocycles. The Morgan fingerprint density at radius 2 is 1.52 bits per heavy atom. The van der Waals surface area contributed by atoms with Gasteiger partial charge >= 0.3 is 5.97 Å². The second-order valence-corrected chi connectivity index (χ2v) is 12.3. The third-order valence-corrected chi connectivity index (χ3v) is 8.69. The maximum Gasteiger partial charge on any atom is 0.328 e. The molecule has 3 aromatic carbocycles. The van der Waals surface area contributed by atoms with Crippen molar-refractivity contribution < 1.29 is 24.2 Å². The van der Waals surface area contributed by atoms with E-state index in [2.05, 4.69) is 57.2 Å². The summed E-state index contributed by atoms with van der Waals surface area (Å²) in [6.07, 6.45) is 2.39. The second-order valence-electron chi connectivity index (χ2n) is 12.3. The molecule has 0 saturated heterocycles. The quantitative estimate of drug-likeness (QED) is 0.167. The first-order chi connectivity index (χ1) is 19.9. The van der Waals surface area contributed by atoms with E-state index in [9.17, 15) is 14.7 Å². The van der Waals surface area contributed by atoms with E-state index in [-0.39, 0.29) is 23.5 Å². The Balaban J connectivity index is 1.97. The molecular weight excluding hydrogens is 526 g/mol. The minimum atomic E-state index is -0.716. The van der Waals surface area contributed by atoms with Gasteiger partial charge in [0, 0.05) is 11.1 Å². The summed E-state index contributed by atoms with van der Waals surface area (Å²) in [7, 11) is 0. The van der Waals surface area contributed by atoms with Gasteiger partial charge in [-0.05, 0) is 91.1 Å². The Bertz CT molecular complexity index is 1370. The van der Waals surface area contributed by atoms with Crippen LogP contribution in [0.5, 0.6) is 5.75 Å². The van der Waals surface area contributed by atoms with Crippen LogP contribution in [-0.4, -0.2) is 42.3 Å². The Hall–Kier alpha value is -3.38. The zero-order chi connectivity index (χ0) is 31.2. The molecule has 1 amide bonds. The molecule has 0 fully saturated rings. The Morgan fingerprint density at radius 3 is 2.07 bits per heavy atom. The average molecular weight is 576 g/mol. The lowest BCUT2D eigenvalue weighted by molar-refractivity contribution is -0.144. The highest BCUT2D eigenvalue weighted by Gasteiger charge is 2.33. The summed E-state index contributed by atoms with van der Waals surface area (Å²) in [6, 6.07) is 18.0. The normalized spacial score (nSPS) is 14.2. The molecule has 0 aliphatic carbocycles. The number of hydrogen-bond acceptors (Lipinski definition) is 5. The number of aliphatic hydroxyl groups excluding tert-OH is 1. The van der Waals surface area contributed by atoms with Crippen molar-refractivity contribution >= 4 is 28.8 Å². The van der Waals surface area contributed by atoms with Gasteiger partial charge in [0.15, 0.2) is 0 Å². The van der Waals surface area contributed by atoms with Crippen LogP contribution in [0.3, 0.4) is 0 Å². The molecule has 0 bridgehead atoms. The monoisotopic (exact) mass is 575 g/mol. The van der Waals surface area contributed by atoms with Gasteiger partial charge in [-0.25, -0.2) is 4.79 Å². The van der Waals surface area contributed by atoms with E-state index in [1.54, 1.807) is 13.8 Å². The van der Waals surface area contributed by atoms with Crippen LogP contribution < -0.4 is 9.64 Å². The number of aliphatic hydroxyl groups is 1. The van der Waals surface area contributed by atoms with Crippen molar-refractivity contribution in [1.29, 1.82) is 0 Å². The number of rotatable bonds is 13. The van der Waals surface area contributed by atoms with Crippen LogP contribution in [0.15, 0.2) is 54.6 Å². The van der Waals surface area contributed by atoms with Crippen molar-refractivity contribution in [2.75, 3.05) is 11.5 Å². The first-order valence-electron chi connectivity index (χ1n) is 15.3. The SMILES string of the molecule is CCOC(=O)C(C)N(C=O)c1ccc2cc(C(CC)(CC)c3ccc(OC(CC)C(O)C(C)(C)C)c(C)c3)ccc2c1. The largest absolute Gasteiger partial charge is 0.487 e. The van der Waals surface area contributed by atoms with Crippen molar-refractivity contribution in [1.82, 2.24) is 0 Å². The van der Waals surface area contributed by atoms with E-state index >= 15 is 0 Å². The zero-order valence-corrected chi connectivity index (χ0v) is 26.9. The number of ether oxygens (including phenoxy) is 2. The van der Waals surface area contributed by atoms with Gasteiger partial charge in [0.1, 0.15) is 17.9 Å². The van der Waals surface area contributed by atoms with Crippen molar-refractivity contribution in [3.8, 4) is 5.75 Å². The molecular formula is C36H49NO5. The molecule has 6 nitrogen and oxygen atoms in total. The maximum atomic E-state index is 12.3. The third-order valence-electron chi connectivity index (χ3n) is 8.69. The van der Waals surface area contributed by atoms with E-state index in [0.717, 1.165) is 41.3 Å². The van der Waals surface area contributed by atoms with Gasteiger partial charge in [0.25, 0.3) is 0 Å². The van der Waals surface area contributed by atoms with E-state index in [4.69, 9.17) is 9.47 Å². The molecule has 3 rings (SSSR count). The van der Waals surface area contributed by atoms with Gasteiger partial charge in [-0.15, -0.1) is 0 Å². The molecule has 42 heavy (non-hydrogen) atoms. The molecule has 0 heterocycles. The number of carbonyl (C=O) groups is 2. The number of hydrogen-bond donors (Lipinski definition) is 1. The van der Waals surface area contributed by atoms with Gasteiger partial charge in [-0.1, -0.05) is 77.9 Å². The minimum absolute atomic E-state index is 0.196. The zero-order valence-electron chi connectivity index (χ0n) is 26.9. The summed E-state index contributed by atoms with van der Waals surface area (Å²) < 4.78 is 11.5. The number of aryl methyl sites for hydroxylation is 1. The summed E-state index contributed by atoms with van der Waals surface area (Å²) in [5.74, 6) is 0.371. The number of benzene rings is 3. The number of nitrogens with zero attached hydrogens (tertiary/aromatic N) is 1. The van der Waals surface area contributed by atoms with Crippen LogP contribution in [0, 0.1) is 12.3 Å². The van der Waals surface area contributed by atoms with Crippen molar-refractivity contribution in [2.24, 2.45) is 5.41 Å². The fraction of sp³-hybridized carbons (Fsp3) is 0.500. The van der Waals surface area contributed by atoms with Crippen LogP contribution in [-0.2, 0) is 19.7 Å². The molecule has 3 unspecified atom stereocenters. The highest BCUT2D eigenvalue weighted by Crippen LogP contribution is 2.42. The first kappa shape index (κ1) is 33.1. The van der Waals surface area contributed by atoms with Crippen LogP contribution in [0.4, 0.5) is 5.69 Å². The molecule has 0 aliphatic rings. The lowest BCUT2D eigenvalue weighted by Crippen LogP contribution is -2.41. The molecule has 0 spiro atoms. The predicted octanol–water partition coefficient (Wildman–Crippen LogP) is 7.73. The predicted molar refractivity (Wildman–Crippen MR) is 171 cm³/mol. The van der Waals surface area contributed by atoms with E-state index in [1.165, 1.54) is 16.0 Å². The summed E-state index contributed by atoms with van der Waals surface area (Å²) in [5, 5.41) is 12.9. The van der Waals surface area contributed by atoms with Gasteiger partial charge < -0.3 is 19.5 Å². The van der Waals surface area contributed by atoms with Gasteiger partial charge in [0.05, 0.1) is 12.7 Å². The van der Waals surface area contributed by atoms with E-state index in [1.807, 2.05) is 45.9 Å². The van der Waals surface area contributed by atoms with Crippen molar-refractivity contribution in [2.45, 2.75) is 105 Å². The summed E-state index contributed by atoms with van der Waals surface area (Å²) in [5.41, 5.74) is 3.69. The number of esters is 1. The molecule has 0 aliphatic heterocycles. The van der Waals surface area contributed by atoms with Crippen molar-refractivity contribution in [3.63, 3.8) is 0 Å². The molecule has 6 heteroatoms. The lowest BCUT2D eigenvalue weighted by atomic mass is 9.70. The highest BCUT2D eigenvalue weighted by molar-refractivity contribution is 5.93. The fourth-order valence-electron chi connectivity index (χ4n) is 5.85. The number of anilines is 1. The molecule has 3 atom stereocenters.